The maximum atomic E-state index is 6.18. The van der Waals surface area contributed by atoms with Crippen LogP contribution in [0.3, 0.4) is 0 Å². The lowest BCUT2D eigenvalue weighted by molar-refractivity contribution is 0.323. The van der Waals surface area contributed by atoms with Crippen molar-refractivity contribution in [2.24, 2.45) is 0 Å². The van der Waals surface area contributed by atoms with Crippen LogP contribution in [0.2, 0.25) is 5.02 Å². The summed E-state index contributed by atoms with van der Waals surface area (Å²) < 4.78 is 11.3. The van der Waals surface area contributed by atoms with E-state index in [0.29, 0.717) is 25.3 Å². The molecule has 0 aromatic heterocycles. The van der Waals surface area contributed by atoms with Gasteiger partial charge in [-0.25, -0.2) is 0 Å². The molecule has 132 valence electrons. The topological polar surface area (TPSA) is 30.5 Å². The molecule has 0 spiro atoms. The number of hydrogen-bond acceptors (Lipinski definition) is 3. The van der Waals surface area contributed by atoms with Gasteiger partial charge in [0.15, 0.2) is 11.5 Å². The van der Waals surface area contributed by atoms with E-state index in [-0.39, 0.29) is 0 Å². The maximum Gasteiger partial charge on any atom is 0.165 e. The van der Waals surface area contributed by atoms with Gasteiger partial charge in [0.05, 0.1) is 7.11 Å². The lowest BCUT2D eigenvalue weighted by Crippen LogP contribution is -2.04. The number of ether oxygens (including phenoxy) is 2. The van der Waals surface area contributed by atoms with Gasteiger partial charge in [-0.3, -0.25) is 0 Å². The molecule has 0 aliphatic rings. The quantitative estimate of drug-likeness (QED) is 0.596. The fraction of sp³-hybridized carbons (Fsp3) is 0.238. The molecule has 25 heavy (non-hydrogen) atoms. The minimum Gasteiger partial charge on any atom is -0.493 e. The van der Waals surface area contributed by atoms with Crippen LogP contribution in [0.25, 0.3) is 0 Å². The molecule has 0 unspecified atom stereocenters. The zero-order chi connectivity index (χ0) is 18.2. The molecule has 0 bridgehead atoms. The van der Waals surface area contributed by atoms with Crippen molar-refractivity contribution in [3.05, 3.63) is 77.4 Å². The van der Waals surface area contributed by atoms with Crippen molar-refractivity contribution in [3.8, 4) is 11.5 Å². The summed E-state index contributed by atoms with van der Waals surface area (Å²) in [5.41, 5.74) is 4.17. The van der Waals surface area contributed by atoms with Crippen molar-refractivity contribution in [2.45, 2.75) is 19.9 Å². The fourth-order valence-corrected chi connectivity index (χ4v) is 2.68. The second-order valence-electron chi connectivity index (χ2n) is 5.70. The predicted molar refractivity (Wildman–Crippen MR) is 106 cm³/mol. The molecule has 4 heteroatoms. The van der Waals surface area contributed by atoms with Gasteiger partial charge in [-0.1, -0.05) is 36.4 Å². The summed E-state index contributed by atoms with van der Waals surface area (Å²) in [6.45, 7) is 10.6. The number of hydrogen-bond donors (Lipinski definition) is 1. The molecule has 2 aromatic rings. The third-order valence-electron chi connectivity index (χ3n) is 3.79. The predicted octanol–water partition coefficient (Wildman–Crippen LogP) is 5.56. The number of rotatable bonds is 9. The van der Waals surface area contributed by atoms with E-state index in [9.17, 15) is 0 Å². The molecule has 0 saturated heterocycles. The largest absolute Gasteiger partial charge is 0.493 e. The van der Waals surface area contributed by atoms with Crippen molar-refractivity contribution in [3.63, 3.8) is 0 Å². The highest BCUT2D eigenvalue weighted by molar-refractivity contribution is 6.31. The van der Waals surface area contributed by atoms with Crippen LogP contribution in [0.1, 0.15) is 16.7 Å². The Morgan fingerprint density at radius 2 is 1.96 bits per heavy atom. The van der Waals surface area contributed by atoms with E-state index < -0.39 is 0 Å². The first kappa shape index (κ1) is 18.9. The summed E-state index contributed by atoms with van der Waals surface area (Å²) in [5, 5.41) is 4.14. The lowest BCUT2D eigenvalue weighted by atomic mass is 10.1. The number of anilines is 1. The molecule has 0 amide bonds. The highest BCUT2D eigenvalue weighted by Crippen LogP contribution is 2.34. The van der Waals surface area contributed by atoms with Crippen LogP contribution in [-0.4, -0.2) is 13.7 Å². The summed E-state index contributed by atoms with van der Waals surface area (Å²) in [4.78, 5) is 0. The Balaban J connectivity index is 2.24. The molecule has 0 atom stereocenters. The van der Waals surface area contributed by atoms with E-state index in [1.807, 2.05) is 37.3 Å². The highest BCUT2D eigenvalue weighted by atomic mass is 35.5. The Kier molecular flexibility index (Phi) is 6.96. The zero-order valence-corrected chi connectivity index (χ0v) is 15.5. The average Bonchev–Trinajstić information content (AvgIpc) is 2.61. The maximum absolute atomic E-state index is 6.18. The lowest BCUT2D eigenvalue weighted by Gasteiger charge is -2.16. The van der Waals surface area contributed by atoms with Crippen molar-refractivity contribution in [1.82, 2.24) is 0 Å². The standard InChI is InChI=1S/C21H24ClNO2/c1-5-7-17-11-16(12-20(24-4)21(17)25-10-6-2)14-23-18-9-8-15(3)19(22)13-18/h5-6,8-9,11-13,23H,1-2,7,10,14H2,3-4H3. The minimum atomic E-state index is 0.431. The van der Waals surface area contributed by atoms with Crippen molar-refractivity contribution >= 4 is 17.3 Å². The van der Waals surface area contributed by atoms with Gasteiger partial charge in [0.1, 0.15) is 6.61 Å². The third kappa shape index (κ3) is 5.04. The SMILES string of the molecule is C=CCOc1c(CC=C)cc(CNc2ccc(C)c(Cl)c2)cc1OC. The van der Waals surface area contributed by atoms with Crippen LogP contribution >= 0.6 is 11.6 Å². The number of halogens is 1. The van der Waals surface area contributed by atoms with Crippen LogP contribution in [0.15, 0.2) is 55.6 Å². The second kappa shape index (κ2) is 9.19. The van der Waals surface area contributed by atoms with Gasteiger partial charge in [-0.05, 0) is 48.7 Å². The first-order valence-corrected chi connectivity index (χ1v) is 8.51. The van der Waals surface area contributed by atoms with E-state index >= 15 is 0 Å². The summed E-state index contributed by atoms with van der Waals surface area (Å²) in [6.07, 6.45) is 4.27. The number of aryl methyl sites for hydroxylation is 1. The monoisotopic (exact) mass is 357 g/mol. The molecular weight excluding hydrogens is 334 g/mol. The van der Waals surface area contributed by atoms with Gasteiger partial charge in [-0.2, -0.15) is 0 Å². The summed E-state index contributed by atoms with van der Waals surface area (Å²) in [7, 11) is 1.64. The Bertz CT molecular complexity index is 756. The van der Waals surface area contributed by atoms with Crippen LogP contribution < -0.4 is 14.8 Å². The molecule has 0 heterocycles. The number of nitrogens with one attached hydrogen (secondary N) is 1. The van der Waals surface area contributed by atoms with Crippen LogP contribution in [0.5, 0.6) is 11.5 Å². The van der Waals surface area contributed by atoms with Crippen LogP contribution in [0.4, 0.5) is 5.69 Å². The molecule has 0 saturated carbocycles. The van der Waals surface area contributed by atoms with Gasteiger partial charge >= 0.3 is 0 Å². The number of methoxy groups -OCH3 is 1. The molecule has 0 aliphatic heterocycles. The average molecular weight is 358 g/mol. The van der Waals surface area contributed by atoms with E-state index in [2.05, 4.69) is 24.5 Å². The summed E-state index contributed by atoms with van der Waals surface area (Å²) in [5.74, 6) is 1.45. The number of allylic oxidation sites excluding steroid dienone is 1. The van der Waals surface area contributed by atoms with Gasteiger partial charge < -0.3 is 14.8 Å². The van der Waals surface area contributed by atoms with Gasteiger partial charge in [-0.15, -0.1) is 6.58 Å². The molecule has 2 rings (SSSR count). The normalized spacial score (nSPS) is 10.2. The van der Waals surface area contributed by atoms with Gasteiger partial charge in [0.2, 0.25) is 0 Å². The molecule has 0 aliphatic carbocycles. The molecule has 1 N–H and O–H groups in total. The minimum absolute atomic E-state index is 0.431. The Hall–Kier alpha value is -2.39. The number of benzene rings is 2. The van der Waals surface area contributed by atoms with Gasteiger partial charge in [0, 0.05) is 22.8 Å². The molecule has 0 radical (unpaired) electrons. The molecule has 3 nitrogen and oxygen atoms in total. The molecule has 2 aromatic carbocycles. The van der Waals surface area contributed by atoms with E-state index in [1.54, 1.807) is 13.2 Å². The first-order valence-electron chi connectivity index (χ1n) is 8.13. The van der Waals surface area contributed by atoms with Crippen molar-refractivity contribution < 1.29 is 9.47 Å². The Morgan fingerprint density at radius 3 is 2.60 bits per heavy atom. The third-order valence-corrected chi connectivity index (χ3v) is 4.20. The Morgan fingerprint density at radius 1 is 1.16 bits per heavy atom. The first-order chi connectivity index (χ1) is 12.1. The second-order valence-corrected chi connectivity index (χ2v) is 6.10. The zero-order valence-electron chi connectivity index (χ0n) is 14.8. The fourth-order valence-electron chi connectivity index (χ4n) is 2.50. The van der Waals surface area contributed by atoms with Crippen LogP contribution in [-0.2, 0) is 13.0 Å². The molecule has 0 fully saturated rings. The highest BCUT2D eigenvalue weighted by Gasteiger charge is 2.12. The molecular formula is C21H24ClNO2. The van der Waals surface area contributed by atoms with E-state index in [4.69, 9.17) is 21.1 Å². The van der Waals surface area contributed by atoms with Crippen LogP contribution in [0, 0.1) is 6.92 Å². The summed E-state index contributed by atoms with van der Waals surface area (Å²) >= 11 is 6.18. The van der Waals surface area contributed by atoms with E-state index in [0.717, 1.165) is 33.1 Å². The Labute approximate surface area is 154 Å². The van der Waals surface area contributed by atoms with E-state index in [1.165, 1.54) is 0 Å². The smallest absolute Gasteiger partial charge is 0.165 e. The summed E-state index contributed by atoms with van der Waals surface area (Å²) in [6, 6.07) is 10.0. The van der Waals surface area contributed by atoms with Gasteiger partial charge in [0.25, 0.3) is 0 Å². The van der Waals surface area contributed by atoms with Crippen molar-refractivity contribution in [1.29, 1.82) is 0 Å². The van der Waals surface area contributed by atoms with Crippen molar-refractivity contribution in [2.75, 3.05) is 19.0 Å².